The third-order valence-electron chi connectivity index (χ3n) is 3.61. The molecule has 15 heavy (non-hydrogen) atoms. The summed E-state index contributed by atoms with van der Waals surface area (Å²) in [6.07, 6.45) is 4.11. The zero-order valence-electron chi connectivity index (χ0n) is 11.0. The molecule has 90 valence electrons. The first-order valence-corrected chi connectivity index (χ1v) is 6.56. The number of likely N-dealkylation sites (tertiary alicyclic amines) is 1. The molecule has 1 heterocycles. The normalized spacial score (nSPS) is 24.0. The predicted molar refractivity (Wildman–Crippen MR) is 67.2 cm³/mol. The Morgan fingerprint density at radius 2 is 2.13 bits per heavy atom. The fraction of sp³-hybridized carbons (Fsp3) is 1.00. The lowest BCUT2D eigenvalue weighted by molar-refractivity contribution is 0.117. The van der Waals surface area contributed by atoms with Gasteiger partial charge in [-0.2, -0.15) is 0 Å². The molecule has 0 aromatic carbocycles. The molecule has 1 aliphatic rings. The fourth-order valence-electron chi connectivity index (χ4n) is 2.32. The Balaban J connectivity index is 2.28. The van der Waals surface area contributed by atoms with Crippen molar-refractivity contribution in [1.29, 1.82) is 0 Å². The molecule has 0 saturated carbocycles. The number of rotatable bonds is 5. The topological polar surface area (TPSA) is 6.48 Å². The predicted octanol–water partition coefficient (Wildman–Crippen LogP) is 2.45. The summed E-state index contributed by atoms with van der Waals surface area (Å²) in [6, 6.07) is 0.803. The molecule has 1 unspecified atom stereocenters. The Kier molecular flexibility index (Phi) is 5.62. The first-order valence-electron chi connectivity index (χ1n) is 6.56. The molecule has 1 rings (SSSR count). The van der Waals surface area contributed by atoms with Gasteiger partial charge < -0.3 is 9.80 Å². The number of piperidine rings is 1. The van der Waals surface area contributed by atoms with E-state index in [1.165, 1.54) is 45.4 Å². The summed E-state index contributed by atoms with van der Waals surface area (Å²) in [7, 11) is 2.30. The largest absolute Gasteiger partial charge is 0.302 e. The van der Waals surface area contributed by atoms with Gasteiger partial charge in [-0.05, 0) is 51.9 Å². The van der Waals surface area contributed by atoms with Crippen molar-refractivity contribution in [2.24, 2.45) is 5.92 Å². The summed E-state index contributed by atoms with van der Waals surface area (Å²) in [4.78, 5) is 5.15. The zero-order chi connectivity index (χ0) is 11.3. The van der Waals surface area contributed by atoms with E-state index in [-0.39, 0.29) is 0 Å². The van der Waals surface area contributed by atoms with E-state index in [1.54, 1.807) is 0 Å². The maximum absolute atomic E-state index is 2.58. The Morgan fingerprint density at radius 1 is 1.40 bits per heavy atom. The summed E-state index contributed by atoms with van der Waals surface area (Å²) in [5, 5.41) is 0. The summed E-state index contributed by atoms with van der Waals surface area (Å²) in [6.45, 7) is 12.0. The van der Waals surface area contributed by atoms with Crippen molar-refractivity contribution >= 4 is 0 Å². The fourth-order valence-corrected chi connectivity index (χ4v) is 2.32. The van der Waals surface area contributed by atoms with Gasteiger partial charge in [-0.15, -0.1) is 0 Å². The van der Waals surface area contributed by atoms with E-state index in [0.717, 1.165) is 12.0 Å². The standard InChI is InChI=1S/C13H28N2/c1-5-15-9-6-7-13(11-15)14(4)10-8-12(2)3/h12-13H,5-11H2,1-4H3. The molecule has 2 heteroatoms. The van der Waals surface area contributed by atoms with Crippen LogP contribution in [-0.4, -0.2) is 49.1 Å². The van der Waals surface area contributed by atoms with Crippen LogP contribution in [0.2, 0.25) is 0 Å². The first kappa shape index (κ1) is 13.0. The van der Waals surface area contributed by atoms with E-state index in [4.69, 9.17) is 0 Å². The van der Waals surface area contributed by atoms with E-state index < -0.39 is 0 Å². The van der Waals surface area contributed by atoms with Crippen molar-refractivity contribution in [2.45, 2.75) is 46.1 Å². The molecule has 1 saturated heterocycles. The minimum Gasteiger partial charge on any atom is -0.302 e. The van der Waals surface area contributed by atoms with E-state index in [9.17, 15) is 0 Å². The van der Waals surface area contributed by atoms with Gasteiger partial charge in [0.2, 0.25) is 0 Å². The van der Waals surface area contributed by atoms with E-state index in [1.807, 2.05) is 0 Å². The average molecular weight is 212 g/mol. The molecule has 0 radical (unpaired) electrons. The van der Waals surface area contributed by atoms with Crippen LogP contribution in [0.5, 0.6) is 0 Å². The minimum absolute atomic E-state index is 0.803. The van der Waals surface area contributed by atoms with Crippen LogP contribution in [0.25, 0.3) is 0 Å². The van der Waals surface area contributed by atoms with Crippen molar-refractivity contribution in [3.63, 3.8) is 0 Å². The second kappa shape index (κ2) is 6.49. The van der Waals surface area contributed by atoms with Crippen LogP contribution in [0.4, 0.5) is 0 Å². The molecule has 0 N–H and O–H groups in total. The molecule has 1 aliphatic heterocycles. The highest BCUT2D eigenvalue weighted by molar-refractivity contribution is 4.78. The lowest BCUT2D eigenvalue weighted by Crippen LogP contribution is -2.46. The molecule has 2 nitrogen and oxygen atoms in total. The van der Waals surface area contributed by atoms with E-state index in [0.29, 0.717) is 0 Å². The highest BCUT2D eigenvalue weighted by Gasteiger charge is 2.21. The number of hydrogen-bond acceptors (Lipinski definition) is 2. The van der Waals surface area contributed by atoms with Gasteiger partial charge in [0.1, 0.15) is 0 Å². The molecule has 0 aromatic rings. The van der Waals surface area contributed by atoms with Crippen molar-refractivity contribution in [3.05, 3.63) is 0 Å². The Hall–Kier alpha value is -0.0800. The molecule has 1 atom stereocenters. The van der Waals surface area contributed by atoms with Crippen LogP contribution in [0.1, 0.15) is 40.0 Å². The number of nitrogens with zero attached hydrogens (tertiary/aromatic N) is 2. The van der Waals surface area contributed by atoms with Crippen molar-refractivity contribution < 1.29 is 0 Å². The van der Waals surface area contributed by atoms with Crippen LogP contribution in [0, 0.1) is 5.92 Å². The SMILES string of the molecule is CCN1CCCC(N(C)CCC(C)C)C1. The van der Waals surface area contributed by atoms with Crippen LogP contribution in [0.15, 0.2) is 0 Å². The third-order valence-corrected chi connectivity index (χ3v) is 3.61. The van der Waals surface area contributed by atoms with Crippen molar-refractivity contribution in [2.75, 3.05) is 33.2 Å². The second-order valence-electron chi connectivity index (χ2n) is 5.35. The number of hydrogen-bond donors (Lipinski definition) is 0. The molecule has 0 amide bonds. The van der Waals surface area contributed by atoms with E-state index >= 15 is 0 Å². The molecular weight excluding hydrogens is 184 g/mol. The van der Waals surface area contributed by atoms with Gasteiger partial charge in [-0.3, -0.25) is 0 Å². The monoisotopic (exact) mass is 212 g/mol. The quantitative estimate of drug-likeness (QED) is 0.691. The third kappa shape index (κ3) is 4.52. The Labute approximate surface area is 95.6 Å². The van der Waals surface area contributed by atoms with Gasteiger partial charge in [0.15, 0.2) is 0 Å². The summed E-state index contributed by atoms with van der Waals surface area (Å²) >= 11 is 0. The maximum atomic E-state index is 2.58. The van der Waals surface area contributed by atoms with Crippen LogP contribution < -0.4 is 0 Å². The lowest BCUT2D eigenvalue weighted by Gasteiger charge is -2.37. The van der Waals surface area contributed by atoms with E-state index in [2.05, 4.69) is 37.6 Å². The van der Waals surface area contributed by atoms with Gasteiger partial charge in [0, 0.05) is 12.6 Å². The molecule has 0 spiro atoms. The molecule has 0 aromatic heterocycles. The molecule has 1 fully saturated rings. The minimum atomic E-state index is 0.803. The van der Waals surface area contributed by atoms with Crippen LogP contribution >= 0.6 is 0 Å². The first-order chi connectivity index (χ1) is 7.13. The smallest absolute Gasteiger partial charge is 0.0220 e. The molecule has 0 bridgehead atoms. The highest BCUT2D eigenvalue weighted by Crippen LogP contribution is 2.15. The Bertz CT molecular complexity index is 168. The van der Waals surface area contributed by atoms with Crippen LogP contribution in [-0.2, 0) is 0 Å². The summed E-state index contributed by atoms with van der Waals surface area (Å²) < 4.78 is 0. The van der Waals surface area contributed by atoms with Gasteiger partial charge >= 0.3 is 0 Å². The second-order valence-corrected chi connectivity index (χ2v) is 5.35. The summed E-state index contributed by atoms with van der Waals surface area (Å²) in [5.74, 6) is 0.832. The maximum Gasteiger partial charge on any atom is 0.0220 e. The van der Waals surface area contributed by atoms with Gasteiger partial charge in [-0.25, -0.2) is 0 Å². The average Bonchev–Trinajstić information content (AvgIpc) is 2.26. The highest BCUT2D eigenvalue weighted by atomic mass is 15.2. The van der Waals surface area contributed by atoms with Crippen molar-refractivity contribution in [3.8, 4) is 0 Å². The van der Waals surface area contributed by atoms with Crippen molar-refractivity contribution in [1.82, 2.24) is 9.80 Å². The summed E-state index contributed by atoms with van der Waals surface area (Å²) in [5.41, 5.74) is 0. The lowest BCUT2D eigenvalue weighted by atomic mass is 10.0. The molecular formula is C13H28N2. The van der Waals surface area contributed by atoms with Gasteiger partial charge in [-0.1, -0.05) is 20.8 Å². The number of likely N-dealkylation sites (N-methyl/N-ethyl adjacent to an activating group) is 2. The van der Waals surface area contributed by atoms with Gasteiger partial charge in [0.25, 0.3) is 0 Å². The molecule has 0 aliphatic carbocycles. The van der Waals surface area contributed by atoms with Crippen LogP contribution in [0.3, 0.4) is 0 Å². The Morgan fingerprint density at radius 3 is 2.73 bits per heavy atom. The van der Waals surface area contributed by atoms with Gasteiger partial charge in [0.05, 0.1) is 0 Å². The zero-order valence-corrected chi connectivity index (χ0v) is 11.0.